The maximum absolute atomic E-state index is 13.3. The van der Waals surface area contributed by atoms with Gasteiger partial charge in [-0.25, -0.2) is 4.39 Å². The van der Waals surface area contributed by atoms with Gasteiger partial charge in [-0.05, 0) is 48.7 Å². The van der Waals surface area contributed by atoms with Crippen molar-refractivity contribution in [1.29, 1.82) is 0 Å². The Balaban J connectivity index is 1.44. The van der Waals surface area contributed by atoms with Crippen LogP contribution in [0.2, 0.25) is 5.02 Å². The van der Waals surface area contributed by atoms with Crippen molar-refractivity contribution in [3.8, 4) is 5.75 Å². The van der Waals surface area contributed by atoms with Crippen LogP contribution in [0.25, 0.3) is 0 Å². The summed E-state index contributed by atoms with van der Waals surface area (Å²) >= 11 is 5.78. The number of hydrogen-bond acceptors (Lipinski definition) is 3. The second-order valence-corrected chi connectivity index (χ2v) is 6.67. The van der Waals surface area contributed by atoms with Crippen molar-refractivity contribution in [2.45, 2.75) is 31.5 Å². The molecule has 2 N–H and O–H groups in total. The minimum absolute atomic E-state index is 0.0948. The lowest BCUT2D eigenvalue weighted by atomic mass is 9.86. The van der Waals surface area contributed by atoms with Crippen LogP contribution >= 0.6 is 11.6 Å². The zero-order valence-corrected chi connectivity index (χ0v) is 14.6. The number of hydrogen-bond donors (Lipinski definition) is 2. The molecule has 0 bridgehead atoms. The fourth-order valence-electron chi connectivity index (χ4n) is 2.90. The molecule has 0 saturated heterocycles. The van der Waals surface area contributed by atoms with Crippen LogP contribution in [-0.2, 0) is 6.54 Å². The number of halogens is 2. The zero-order chi connectivity index (χ0) is 17.8. The molecule has 1 fully saturated rings. The van der Waals surface area contributed by atoms with Crippen LogP contribution in [0.5, 0.6) is 5.75 Å². The van der Waals surface area contributed by atoms with Crippen molar-refractivity contribution >= 4 is 17.5 Å². The Bertz CT molecular complexity index is 743. The lowest BCUT2D eigenvalue weighted by molar-refractivity contribution is 0.0901. The number of amides is 1. The molecule has 2 aromatic carbocycles. The Morgan fingerprint density at radius 1 is 1.24 bits per heavy atom. The molecule has 6 heteroatoms. The van der Waals surface area contributed by atoms with Gasteiger partial charge in [-0.3, -0.25) is 4.79 Å². The Morgan fingerprint density at radius 3 is 2.76 bits per heavy atom. The highest BCUT2D eigenvalue weighted by Gasteiger charge is 2.30. The average molecular weight is 363 g/mol. The van der Waals surface area contributed by atoms with E-state index >= 15 is 0 Å². The fraction of sp³-hybridized carbons (Fsp3) is 0.316. The quantitative estimate of drug-likeness (QED) is 0.826. The summed E-state index contributed by atoms with van der Waals surface area (Å²) in [4.78, 5) is 12.1. The van der Waals surface area contributed by atoms with E-state index in [0.717, 1.165) is 30.7 Å². The van der Waals surface area contributed by atoms with E-state index in [4.69, 9.17) is 16.3 Å². The molecule has 0 spiro atoms. The molecule has 1 aliphatic carbocycles. The second kappa shape index (κ2) is 7.85. The molecule has 132 valence electrons. The first-order valence-corrected chi connectivity index (χ1v) is 8.54. The first-order chi connectivity index (χ1) is 12.0. The molecule has 4 nitrogen and oxygen atoms in total. The summed E-state index contributed by atoms with van der Waals surface area (Å²) in [6.07, 6.45) is 1.69. The minimum Gasteiger partial charge on any atom is -0.497 e. The number of methoxy groups -OCH3 is 1. The van der Waals surface area contributed by atoms with Crippen molar-refractivity contribution < 1.29 is 13.9 Å². The monoisotopic (exact) mass is 362 g/mol. The maximum Gasteiger partial charge on any atom is 0.251 e. The third-order valence-corrected chi connectivity index (χ3v) is 4.55. The first kappa shape index (κ1) is 17.7. The van der Waals surface area contributed by atoms with E-state index in [1.807, 2.05) is 24.3 Å². The van der Waals surface area contributed by atoms with Crippen LogP contribution in [0.1, 0.15) is 28.8 Å². The first-order valence-electron chi connectivity index (χ1n) is 8.17. The molecule has 0 heterocycles. The highest BCUT2D eigenvalue weighted by Crippen LogP contribution is 2.22. The predicted molar refractivity (Wildman–Crippen MR) is 95.5 cm³/mol. The van der Waals surface area contributed by atoms with Gasteiger partial charge in [-0.1, -0.05) is 23.7 Å². The van der Waals surface area contributed by atoms with Crippen molar-refractivity contribution in [3.63, 3.8) is 0 Å². The molecule has 0 unspecified atom stereocenters. The second-order valence-electron chi connectivity index (χ2n) is 6.23. The number of carbonyl (C=O) groups excluding carboxylic acids is 1. The lowest BCUT2D eigenvalue weighted by Gasteiger charge is -2.36. The highest BCUT2D eigenvalue weighted by molar-refractivity contribution is 6.31. The molecule has 0 radical (unpaired) electrons. The van der Waals surface area contributed by atoms with Crippen molar-refractivity contribution in [1.82, 2.24) is 10.6 Å². The molecule has 25 heavy (non-hydrogen) atoms. The van der Waals surface area contributed by atoms with E-state index in [2.05, 4.69) is 10.6 Å². The van der Waals surface area contributed by atoms with Crippen LogP contribution in [0, 0.1) is 5.82 Å². The number of carbonyl (C=O) groups is 1. The van der Waals surface area contributed by atoms with E-state index in [-0.39, 0.29) is 22.5 Å². The molecular formula is C19H20ClFN2O2. The number of rotatable bonds is 6. The lowest BCUT2D eigenvalue weighted by Crippen LogP contribution is -2.52. The molecule has 0 aromatic heterocycles. The van der Waals surface area contributed by atoms with E-state index in [0.29, 0.717) is 6.04 Å². The van der Waals surface area contributed by atoms with Gasteiger partial charge in [-0.15, -0.1) is 0 Å². The Kier molecular flexibility index (Phi) is 5.56. The van der Waals surface area contributed by atoms with Crippen LogP contribution in [0.15, 0.2) is 42.5 Å². The maximum atomic E-state index is 13.3. The molecule has 1 saturated carbocycles. The van der Waals surface area contributed by atoms with Crippen molar-refractivity contribution in [2.75, 3.05) is 7.11 Å². The third-order valence-electron chi connectivity index (χ3n) is 4.33. The van der Waals surface area contributed by atoms with Gasteiger partial charge in [-0.2, -0.15) is 0 Å². The molecule has 1 amide bonds. The predicted octanol–water partition coefficient (Wildman–Crippen LogP) is 3.54. The van der Waals surface area contributed by atoms with Crippen molar-refractivity contribution in [2.24, 2.45) is 0 Å². The summed E-state index contributed by atoms with van der Waals surface area (Å²) in [6, 6.07) is 12.2. The van der Waals surface area contributed by atoms with E-state index in [1.54, 1.807) is 7.11 Å². The minimum atomic E-state index is -0.510. The van der Waals surface area contributed by atoms with Crippen LogP contribution in [0.4, 0.5) is 4.39 Å². The van der Waals surface area contributed by atoms with Crippen LogP contribution in [-0.4, -0.2) is 25.1 Å². The van der Waals surface area contributed by atoms with Gasteiger partial charge < -0.3 is 15.4 Å². The standard InChI is InChI=1S/C19H20ClFN2O2/c1-25-18-4-2-3-12(5-18)11-22-16-9-17(10-16)23-19(24)13-6-14(20)8-15(21)7-13/h2-8,16-17,22H,9-11H2,1H3,(H,23,24). The van der Waals surface area contributed by atoms with Crippen LogP contribution < -0.4 is 15.4 Å². The fourth-order valence-corrected chi connectivity index (χ4v) is 3.12. The van der Waals surface area contributed by atoms with Gasteiger partial charge in [0.15, 0.2) is 0 Å². The average Bonchev–Trinajstić information content (AvgIpc) is 2.55. The Labute approximate surface area is 151 Å². The van der Waals surface area contributed by atoms with Gasteiger partial charge in [0.2, 0.25) is 0 Å². The van der Waals surface area contributed by atoms with Gasteiger partial charge >= 0.3 is 0 Å². The molecule has 3 rings (SSSR count). The summed E-state index contributed by atoms with van der Waals surface area (Å²) in [5.41, 5.74) is 1.40. The van der Waals surface area contributed by atoms with E-state index < -0.39 is 5.82 Å². The Morgan fingerprint density at radius 2 is 2.04 bits per heavy atom. The number of benzene rings is 2. The van der Waals surface area contributed by atoms with E-state index in [9.17, 15) is 9.18 Å². The van der Waals surface area contributed by atoms with Crippen molar-refractivity contribution in [3.05, 3.63) is 64.4 Å². The highest BCUT2D eigenvalue weighted by atomic mass is 35.5. The topological polar surface area (TPSA) is 50.4 Å². The largest absolute Gasteiger partial charge is 0.497 e. The number of ether oxygens (including phenoxy) is 1. The van der Waals surface area contributed by atoms with Crippen LogP contribution in [0.3, 0.4) is 0 Å². The molecule has 0 aliphatic heterocycles. The summed E-state index contributed by atoms with van der Waals surface area (Å²) < 4.78 is 18.5. The molecule has 1 aliphatic rings. The normalized spacial score (nSPS) is 19.2. The molecule has 0 atom stereocenters. The molecular weight excluding hydrogens is 343 g/mol. The Hall–Kier alpha value is -2.11. The summed E-state index contributed by atoms with van der Waals surface area (Å²) in [5.74, 6) is 0.0357. The van der Waals surface area contributed by atoms with E-state index in [1.165, 1.54) is 18.2 Å². The summed E-state index contributed by atoms with van der Waals surface area (Å²) in [6.45, 7) is 0.752. The summed E-state index contributed by atoms with van der Waals surface area (Å²) in [5, 5.41) is 6.59. The SMILES string of the molecule is COc1cccc(CNC2CC(NC(=O)c3cc(F)cc(Cl)c3)C2)c1. The van der Waals surface area contributed by atoms with Gasteiger partial charge in [0.05, 0.1) is 7.11 Å². The van der Waals surface area contributed by atoms with Gasteiger partial charge in [0, 0.05) is 29.2 Å². The van der Waals surface area contributed by atoms with Gasteiger partial charge in [0.1, 0.15) is 11.6 Å². The third kappa shape index (κ3) is 4.71. The number of nitrogens with one attached hydrogen (secondary N) is 2. The smallest absolute Gasteiger partial charge is 0.251 e. The summed E-state index contributed by atoms with van der Waals surface area (Å²) in [7, 11) is 1.65. The molecule has 2 aromatic rings. The van der Waals surface area contributed by atoms with Gasteiger partial charge in [0.25, 0.3) is 5.91 Å². The zero-order valence-electron chi connectivity index (χ0n) is 13.9.